The van der Waals surface area contributed by atoms with Gasteiger partial charge in [0.1, 0.15) is 5.82 Å². The third-order valence-electron chi connectivity index (χ3n) is 2.47. The van der Waals surface area contributed by atoms with Crippen molar-refractivity contribution >= 4 is 11.8 Å². The first-order valence-electron chi connectivity index (χ1n) is 6.07. The summed E-state index contributed by atoms with van der Waals surface area (Å²) in [5.41, 5.74) is 1.17. The molecule has 2 N–H and O–H groups in total. The van der Waals surface area contributed by atoms with Gasteiger partial charge in [0.2, 0.25) is 0 Å². The zero-order valence-electron chi connectivity index (χ0n) is 11.4. The minimum Gasteiger partial charge on any atom is -0.465 e. The molecule has 0 fully saturated rings. The topological polar surface area (TPSA) is 63.2 Å². The highest BCUT2D eigenvalue weighted by atomic mass is 16.5. The Balaban J connectivity index is 2.54. The van der Waals surface area contributed by atoms with Gasteiger partial charge in [-0.1, -0.05) is 13.8 Å². The summed E-state index contributed by atoms with van der Waals surface area (Å²) < 4.78 is 4.67. The van der Waals surface area contributed by atoms with Crippen LogP contribution in [0.2, 0.25) is 0 Å². The van der Waals surface area contributed by atoms with Crippen LogP contribution in [0.5, 0.6) is 0 Å². The van der Waals surface area contributed by atoms with Crippen molar-refractivity contribution in [2.45, 2.75) is 26.8 Å². The number of nitrogens with one attached hydrogen (secondary N) is 2. The number of nitrogens with zero attached hydrogens (tertiary/aromatic N) is 1. The van der Waals surface area contributed by atoms with Crippen molar-refractivity contribution < 1.29 is 9.53 Å². The smallest absolute Gasteiger partial charge is 0.339 e. The molecule has 0 spiro atoms. The zero-order chi connectivity index (χ0) is 13.5. The number of hydrogen-bond donors (Lipinski definition) is 2. The van der Waals surface area contributed by atoms with E-state index in [-0.39, 0.29) is 5.97 Å². The number of rotatable bonds is 6. The van der Waals surface area contributed by atoms with Gasteiger partial charge in [-0.25, -0.2) is 9.78 Å². The molecule has 0 saturated carbocycles. The van der Waals surface area contributed by atoms with Crippen molar-refractivity contribution in [2.24, 2.45) is 0 Å². The molecule has 100 valence electrons. The molecule has 1 aromatic heterocycles. The number of esters is 1. The highest BCUT2D eigenvalue weighted by Crippen LogP contribution is 2.11. The monoisotopic (exact) mass is 251 g/mol. The van der Waals surface area contributed by atoms with E-state index in [2.05, 4.69) is 34.2 Å². The normalized spacial score (nSPS) is 10.5. The minimum absolute atomic E-state index is 0.354. The van der Waals surface area contributed by atoms with Gasteiger partial charge in [-0.2, -0.15) is 0 Å². The predicted molar refractivity (Wildman–Crippen MR) is 71.9 cm³/mol. The van der Waals surface area contributed by atoms with Crippen LogP contribution < -0.4 is 10.6 Å². The third kappa shape index (κ3) is 4.33. The molecule has 0 radical (unpaired) electrons. The second kappa shape index (κ2) is 6.96. The Labute approximate surface area is 108 Å². The highest BCUT2D eigenvalue weighted by molar-refractivity contribution is 5.90. The summed E-state index contributed by atoms with van der Waals surface area (Å²) in [7, 11) is 1.37. The second-order valence-corrected chi connectivity index (χ2v) is 4.36. The number of hydrogen-bond acceptors (Lipinski definition) is 5. The summed E-state index contributed by atoms with van der Waals surface area (Å²) in [6, 6.07) is 3.99. The molecule has 1 rings (SSSR count). The number of carbonyl (C=O) groups excluding carboxylic acids is 1. The minimum atomic E-state index is -0.354. The first-order valence-corrected chi connectivity index (χ1v) is 6.07. The van der Waals surface area contributed by atoms with Gasteiger partial charge in [-0.15, -0.1) is 0 Å². The molecule has 0 aromatic carbocycles. The Bertz CT molecular complexity index is 405. The lowest BCUT2D eigenvalue weighted by Crippen LogP contribution is -2.28. The van der Waals surface area contributed by atoms with Gasteiger partial charge in [0.15, 0.2) is 0 Å². The van der Waals surface area contributed by atoms with E-state index in [9.17, 15) is 4.79 Å². The molecular weight excluding hydrogens is 230 g/mol. The second-order valence-electron chi connectivity index (χ2n) is 4.36. The number of anilines is 1. The molecule has 0 aliphatic heterocycles. The molecule has 5 heteroatoms. The van der Waals surface area contributed by atoms with Crippen molar-refractivity contribution in [2.75, 3.05) is 25.5 Å². The van der Waals surface area contributed by atoms with E-state index in [1.165, 1.54) is 7.11 Å². The van der Waals surface area contributed by atoms with E-state index in [4.69, 9.17) is 0 Å². The number of ether oxygens (including phenoxy) is 1. The lowest BCUT2D eigenvalue weighted by atomic mass is 10.2. The summed E-state index contributed by atoms with van der Waals surface area (Å²) in [6.07, 6.45) is 0. The van der Waals surface area contributed by atoms with E-state index in [1.54, 1.807) is 19.1 Å². The molecular formula is C13H21N3O2. The van der Waals surface area contributed by atoms with Crippen molar-refractivity contribution in [1.29, 1.82) is 0 Å². The number of methoxy groups -OCH3 is 1. The summed E-state index contributed by atoms with van der Waals surface area (Å²) >= 11 is 0. The SMILES string of the molecule is COC(=O)c1ccc(NCCNC(C)C)nc1C. The van der Waals surface area contributed by atoms with Gasteiger partial charge < -0.3 is 15.4 Å². The fourth-order valence-corrected chi connectivity index (χ4v) is 1.54. The highest BCUT2D eigenvalue weighted by Gasteiger charge is 2.10. The first kappa shape index (κ1) is 14.4. The molecule has 0 unspecified atom stereocenters. The molecule has 0 atom stereocenters. The first-order chi connectivity index (χ1) is 8.54. The molecule has 0 aliphatic rings. The van der Waals surface area contributed by atoms with E-state index in [1.807, 2.05) is 0 Å². The van der Waals surface area contributed by atoms with Gasteiger partial charge in [-0.05, 0) is 19.1 Å². The van der Waals surface area contributed by atoms with E-state index in [0.717, 1.165) is 18.9 Å². The van der Waals surface area contributed by atoms with Gasteiger partial charge in [0, 0.05) is 19.1 Å². The van der Waals surface area contributed by atoms with Gasteiger partial charge in [0.25, 0.3) is 0 Å². The summed E-state index contributed by atoms with van der Waals surface area (Å²) in [6.45, 7) is 7.67. The van der Waals surface area contributed by atoms with Crippen LogP contribution in [0, 0.1) is 6.92 Å². The van der Waals surface area contributed by atoms with E-state index >= 15 is 0 Å². The van der Waals surface area contributed by atoms with Crippen molar-refractivity contribution in [3.63, 3.8) is 0 Å². The van der Waals surface area contributed by atoms with Gasteiger partial charge >= 0.3 is 5.97 Å². The molecule has 1 aromatic rings. The predicted octanol–water partition coefficient (Wildman–Crippen LogP) is 1.59. The Morgan fingerprint density at radius 2 is 2.11 bits per heavy atom. The number of pyridine rings is 1. The Morgan fingerprint density at radius 3 is 2.67 bits per heavy atom. The van der Waals surface area contributed by atoms with Crippen LogP contribution in [0.25, 0.3) is 0 Å². The molecule has 0 amide bonds. The van der Waals surface area contributed by atoms with Crippen LogP contribution in [-0.2, 0) is 4.74 Å². The quantitative estimate of drug-likeness (QED) is 0.594. The fourth-order valence-electron chi connectivity index (χ4n) is 1.54. The van der Waals surface area contributed by atoms with Crippen LogP contribution >= 0.6 is 0 Å². The fraction of sp³-hybridized carbons (Fsp3) is 0.538. The van der Waals surface area contributed by atoms with Gasteiger partial charge in [0.05, 0.1) is 18.4 Å². The zero-order valence-corrected chi connectivity index (χ0v) is 11.4. The molecule has 0 saturated heterocycles. The number of carbonyl (C=O) groups is 1. The summed E-state index contributed by atoms with van der Waals surface area (Å²) in [5.74, 6) is 0.415. The van der Waals surface area contributed by atoms with Crippen LogP contribution in [0.15, 0.2) is 12.1 Å². The summed E-state index contributed by atoms with van der Waals surface area (Å²) in [5, 5.41) is 6.50. The van der Waals surface area contributed by atoms with Crippen LogP contribution in [0.1, 0.15) is 29.9 Å². The number of aryl methyl sites for hydroxylation is 1. The third-order valence-corrected chi connectivity index (χ3v) is 2.47. The summed E-state index contributed by atoms with van der Waals surface area (Å²) in [4.78, 5) is 15.7. The van der Waals surface area contributed by atoms with Crippen LogP contribution in [0.3, 0.4) is 0 Å². The average Bonchev–Trinajstić information content (AvgIpc) is 2.33. The van der Waals surface area contributed by atoms with Gasteiger partial charge in [-0.3, -0.25) is 0 Å². The maximum atomic E-state index is 11.4. The Hall–Kier alpha value is -1.62. The lowest BCUT2D eigenvalue weighted by molar-refractivity contribution is 0.0599. The standard InChI is InChI=1S/C13H21N3O2/c1-9(2)14-7-8-15-12-6-5-11(10(3)16-12)13(17)18-4/h5-6,9,14H,7-8H2,1-4H3,(H,15,16). The molecule has 5 nitrogen and oxygen atoms in total. The molecule has 18 heavy (non-hydrogen) atoms. The van der Waals surface area contributed by atoms with Crippen molar-refractivity contribution in [3.05, 3.63) is 23.4 Å². The van der Waals surface area contributed by atoms with Crippen LogP contribution in [-0.4, -0.2) is 37.2 Å². The number of aromatic nitrogens is 1. The lowest BCUT2D eigenvalue weighted by Gasteiger charge is -2.10. The van der Waals surface area contributed by atoms with E-state index in [0.29, 0.717) is 17.3 Å². The molecule has 1 heterocycles. The largest absolute Gasteiger partial charge is 0.465 e. The van der Waals surface area contributed by atoms with Crippen molar-refractivity contribution in [1.82, 2.24) is 10.3 Å². The van der Waals surface area contributed by atoms with Crippen LogP contribution in [0.4, 0.5) is 5.82 Å². The Kier molecular flexibility index (Phi) is 5.58. The average molecular weight is 251 g/mol. The maximum Gasteiger partial charge on any atom is 0.339 e. The Morgan fingerprint density at radius 1 is 1.39 bits per heavy atom. The van der Waals surface area contributed by atoms with Crippen molar-refractivity contribution in [3.8, 4) is 0 Å². The van der Waals surface area contributed by atoms with E-state index < -0.39 is 0 Å². The molecule has 0 bridgehead atoms. The maximum absolute atomic E-state index is 11.4. The molecule has 0 aliphatic carbocycles.